The lowest BCUT2D eigenvalue weighted by atomic mass is 10.1. The predicted molar refractivity (Wildman–Crippen MR) is 66.9 cm³/mol. The highest BCUT2D eigenvalue weighted by Crippen LogP contribution is 2.25. The molecule has 96 valence electrons. The Kier molecular flexibility index (Phi) is 3.98. The van der Waals surface area contributed by atoms with E-state index >= 15 is 0 Å². The van der Waals surface area contributed by atoms with Crippen LogP contribution in [-0.4, -0.2) is 0 Å². The zero-order valence-electron chi connectivity index (χ0n) is 9.66. The lowest BCUT2D eigenvalue weighted by Gasteiger charge is -2.08. The summed E-state index contributed by atoms with van der Waals surface area (Å²) >= 11 is 5.61. The summed E-state index contributed by atoms with van der Waals surface area (Å²) in [6.07, 6.45) is 0. The van der Waals surface area contributed by atoms with Gasteiger partial charge >= 0.3 is 0 Å². The van der Waals surface area contributed by atoms with Crippen molar-refractivity contribution in [2.45, 2.75) is 6.61 Å². The first-order chi connectivity index (χ1) is 9.10. The van der Waals surface area contributed by atoms with Crippen LogP contribution in [0.15, 0.2) is 36.4 Å². The molecule has 0 heterocycles. The average molecular weight is 280 g/mol. The van der Waals surface area contributed by atoms with Crippen LogP contribution in [-0.2, 0) is 6.61 Å². The molecule has 2 rings (SSSR count). The number of benzene rings is 2. The summed E-state index contributed by atoms with van der Waals surface area (Å²) in [6.45, 7) is -0.0519. The fraction of sp³-hybridized carbons (Fsp3) is 0.0714. The Labute approximate surface area is 113 Å². The summed E-state index contributed by atoms with van der Waals surface area (Å²) in [6, 6.07) is 10.0. The predicted octanol–water partition coefficient (Wildman–Crippen LogP) is 4.07. The van der Waals surface area contributed by atoms with Crippen LogP contribution >= 0.6 is 11.6 Å². The van der Waals surface area contributed by atoms with E-state index in [9.17, 15) is 8.78 Å². The Hall–Kier alpha value is -2.12. The molecule has 19 heavy (non-hydrogen) atoms. The third kappa shape index (κ3) is 3.21. The highest BCUT2D eigenvalue weighted by Gasteiger charge is 2.08. The summed E-state index contributed by atoms with van der Waals surface area (Å²) in [7, 11) is 0. The molecule has 0 aliphatic heterocycles. The molecule has 0 aliphatic rings. The Balaban J connectivity index is 2.17. The molecule has 0 aliphatic carbocycles. The molecule has 0 N–H and O–H groups in total. The van der Waals surface area contributed by atoms with E-state index in [0.29, 0.717) is 5.56 Å². The molecule has 0 spiro atoms. The number of rotatable bonds is 3. The Bertz CT molecular complexity index is 652. The van der Waals surface area contributed by atoms with Gasteiger partial charge in [0, 0.05) is 0 Å². The van der Waals surface area contributed by atoms with Gasteiger partial charge in [0.25, 0.3) is 0 Å². The summed E-state index contributed by atoms with van der Waals surface area (Å²) < 4.78 is 32.0. The maximum atomic E-state index is 13.5. The second kappa shape index (κ2) is 5.68. The van der Waals surface area contributed by atoms with Crippen LogP contribution in [0.5, 0.6) is 5.75 Å². The minimum absolute atomic E-state index is 0.0183. The number of halogens is 3. The van der Waals surface area contributed by atoms with E-state index in [1.807, 2.05) is 6.07 Å². The minimum Gasteiger partial charge on any atom is -0.486 e. The van der Waals surface area contributed by atoms with Gasteiger partial charge in [0.05, 0.1) is 16.7 Å². The third-order valence-corrected chi connectivity index (χ3v) is 2.69. The SMILES string of the molecule is N#Cc1cc(F)cc(COc2cccc(Cl)c2F)c1. The second-order valence-corrected chi connectivity index (χ2v) is 4.21. The van der Waals surface area contributed by atoms with Gasteiger partial charge in [-0.1, -0.05) is 17.7 Å². The number of hydrogen-bond donors (Lipinski definition) is 0. The topological polar surface area (TPSA) is 33.0 Å². The lowest BCUT2D eigenvalue weighted by Crippen LogP contribution is -1.99. The molecule has 0 aromatic heterocycles. The fourth-order valence-corrected chi connectivity index (χ4v) is 1.72. The molecular formula is C14H8ClF2NO. The number of nitriles is 1. The van der Waals surface area contributed by atoms with Crippen molar-refractivity contribution in [1.29, 1.82) is 5.26 Å². The molecule has 0 atom stereocenters. The monoisotopic (exact) mass is 279 g/mol. The van der Waals surface area contributed by atoms with Crippen LogP contribution in [0.3, 0.4) is 0 Å². The van der Waals surface area contributed by atoms with Crippen molar-refractivity contribution in [3.63, 3.8) is 0 Å². The van der Waals surface area contributed by atoms with Gasteiger partial charge in [-0.25, -0.2) is 8.78 Å². The Morgan fingerprint density at radius 1 is 1.21 bits per heavy atom. The van der Waals surface area contributed by atoms with E-state index in [0.717, 1.165) is 6.07 Å². The largest absolute Gasteiger partial charge is 0.486 e. The molecule has 0 saturated carbocycles. The van der Waals surface area contributed by atoms with Crippen LogP contribution in [0.1, 0.15) is 11.1 Å². The van der Waals surface area contributed by atoms with Crippen molar-refractivity contribution in [3.05, 3.63) is 64.2 Å². The van der Waals surface area contributed by atoms with Crippen LogP contribution in [0.4, 0.5) is 8.78 Å². The van der Waals surface area contributed by atoms with Crippen molar-refractivity contribution >= 4 is 11.6 Å². The zero-order chi connectivity index (χ0) is 13.8. The molecule has 0 saturated heterocycles. The highest BCUT2D eigenvalue weighted by atomic mass is 35.5. The van der Waals surface area contributed by atoms with Crippen molar-refractivity contribution in [1.82, 2.24) is 0 Å². The molecule has 2 aromatic rings. The molecule has 0 bridgehead atoms. The summed E-state index contributed by atoms with van der Waals surface area (Å²) in [5.74, 6) is -1.22. The molecule has 0 unspecified atom stereocenters. The van der Waals surface area contributed by atoms with Crippen LogP contribution in [0.25, 0.3) is 0 Å². The zero-order valence-corrected chi connectivity index (χ0v) is 10.4. The summed E-state index contributed by atoms with van der Waals surface area (Å²) in [4.78, 5) is 0. The van der Waals surface area contributed by atoms with Gasteiger partial charge in [-0.2, -0.15) is 5.26 Å². The minimum atomic E-state index is -0.666. The van der Waals surface area contributed by atoms with Gasteiger partial charge < -0.3 is 4.74 Å². The number of nitrogens with zero attached hydrogens (tertiary/aromatic N) is 1. The third-order valence-electron chi connectivity index (χ3n) is 2.40. The second-order valence-electron chi connectivity index (χ2n) is 3.80. The first-order valence-corrected chi connectivity index (χ1v) is 5.74. The van der Waals surface area contributed by atoms with Crippen LogP contribution in [0, 0.1) is 23.0 Å². The van der Waals surface area contributed by atoms with Crippen molar-refractivity contribution in [2.75, 3.05) is 0 Å². The summed E-state index contributed by atoms with van der Waals surface area (Å²) in [5.41, 5.74) is 0.626. The quantitative estimate of drug-likeness (QED) is 0.848. The molecule has 2 aromatic carbocycles. The highest BCUT2D eigenvalue weighted by molar-refractivity contribution is 6.30. The van der Waals surface area contributed by atoms with E-state index in [1.54, 1.807) is 6.07 Å². The molecule has 0 amide bonds. The van der Waals surface area contributed by atoms with Crippen LogP contribution in [0.2, 0.25) is 5.02 Å². The van der Waals surface area contributed by atoms with Gasteiger partial charge in [-0.05, 0) is 35.9 Å². The van der Waals surface area contributed by atoms with E-state index < -0.39 is 11.6 Å². The van der Waals surface area contributed by atoms with Gasteiger partial charge in [-0.15, -0.1) is 0 Å². The number of ether oxygens (including phenoxy) is 1. The van der Waals surface area contributed by atoms with E-state index in [-0.39, 0.29) is 22.9 Å². The Morgan fingerprint density at radius 2 is 2.00 bits per heavy atom. The van der Waals surface area contributed by atoms with Crippen LogP contribution < -0.4 is 4.74 Å². The van der Waals surface area contributed by atoms with Crippen molar-refractivity contribution in [2.24, 2.45) is 0 Å². The van der Waals surface area contributed by atoms with Gasteiger partial charge in [-0.3, -0.25) is 0 Å². The first-order valence-electron chi connectivity index (χ1n) is 5.36. The maximum absolute atomic E-state index is 13.5. The van der Waals surface area contributed by atoms with Crippen molar-refractivity contribution < 1.29 is 13.5 Å². The molecule has 0 radical (unpaired) electrons. The fourth-order valence-electron chi connectivity index (χ4n) is 1.55. The van der Waals surface area contributed by atoms with Gasteiger partial charge in [0.2, 0.25) is 0 Å². The molecule has 2 nitrogen and oxygen atoms in total. The van der Waals surface area contributed by atoms with Crippen molar-refractivity contribution in [3.8, 4) is 11.8 Å². The van der Waals surface area contributed by atoms with Gasteiger partial charge in [0.15, 0.2) is 11.6 Å². The van der Waals surface area contributed by atoms with Gasteiger partial charge in [0.1, 0.15) is 12.4 Å². The van der Waals surface area contributed by atoms with E-state index in [1.165, 1.54) is 24.3 Å². The van der Waals surface area contributed by atoms with E-state index in [4.69, 9.17) is 21.6 Å². The lowest BCUT2D eigenvalue weighted by molar-refractivity contribution is 0.290. The average Bonchev–Trinajstić information content (AvgIpc) is 2.40. The standard InChI is InChI=1S/C14H8ClF2NO/c15-12-2-1-3-13(14(12)17)19-8-10-4-9(7-18)5-11(16)6-10/h1-6H,8H2. The molecule has 5 heteroatoms. The molecule has 0 fully saturated rings. The Morgan fingerprint density at radius 3 is 2.74 bits per heavy atom. The summed E-state index contributed by atoms with van der Waals surface area (Å²) in [5, 5.41) is 8.67. The van der Waals surface area contributed by atoms with E-state index in [2.05, 4.69) is 0 Å². The maximum Gasteiger partial charge on any atom is 0.183 e. The number of hydrogen-bond acceptors (Lipinski definition) is 2. The normalized spacial score (nSPS) is 10.0. The smallest absolute Gasteiger partial charge is 0.183 e. The first kappa shape index (κ1) is 13.3. The molecular weight excluding hydrogens is 272 g/mol.